The van der Waals surface area contributed by atoms with Gasteiger partial charge in [-0.2, -0.15) is 0 Å². The van der Waals surface area contributed by atoms with E-state index in [-0.39, 0.29) is 6.04 Å². The molecule has 2 atom stereocenters. The summed E-state index contributed by atoms with van der Waals surface area (Å²) in [4.78, 5) is 2.46. The fraction of sp³-hybridized carbons (Fsp3) is 0.364. The van der Waals surface area contributed by atoms with Crippen molar-refractivity contribution in [1.82, 2.24) is 4.90 Å². The normalized spacial score (nSPS) is 19.3. The Morgan fingerprint density at radius 2 is 2.00 bits per heavy atom. The van der Waals surface area contributed by atoms with Crippen LogP contribution in [0.2, 0.25) is 0 Å². The van der Waals surface area contributed by atoms with Crippen LogP contribution in [0.1, 0.15) is 36.4 Å². The van der Waals surface area contributed by atoms with Crippen molar-refractivity contribution in [2.45, 2.75) is 38.0 Å². The molecule has 3 rings (SSSR count). The van der Waals surface area contributed by atoms with E-state index in [4.69, 9.17) is 10.5 Å². The summed E-state index contributed by atoms with van der Waals surface area (Å²) >= 11 is 0. The highest BCUT2D eigenvalue weighted by molar-refractivity contribution is 5.31. The molecule has 1 heterocycles. The fourth-order valence-corrected chi connectivity index (χ4v) is 3.59. The van der Waals surface area contributed by atoms with Crippen LogP contribution in [0.25, 0.3) is 0 Å². The van der Waals surface area contributed by atoms with Gasteiger partial charge in [0.1, 0.15) is 12.4 Å². The lowest BCUT2D eigenvalue weighted by molar-refractivity contribution is 0.141. The number of piperidine rings is 1. The first kappa shape index (κ1) is 17.7. The summed E-state index contributed by atoms with van der Waals surface area (Å²) in [5.74, 6) is 0.878. The predicted molar refractivity (Wildman–Crippen MR) is 104 cm³/mol. The van der Waals surface area contributed by atoms with Crippen molar-refractivity contribution in [3.05, 3.63) is 78.4 Å². The maximum absolute atomic E-state index is 6.64. The molecular weight excluding hydrogens is 308 g/mol. The number of hydrogen-bond acceptors (Lipinski definition) is 3. The minimum Gasteiger partial charge on any atom is -0.489 e. The summed E-state index contributed by atoms with van der Waals surface area (Å²) in [6, 6.07) is 18.8. The number of hydrogen-bond donors (Lipinski definition) is 1. The molecule has 1 fully saturated rings. The maximum atomic E-state index is 6.64. The zero-order chi connectivity index (χ0) is 17.5. The van der Waals surface area contributed by atoms with Gasteiger partial charge in [0, 0.05) is 18.6 Å². The molecule has 0 aliphatic carbocycles. The second-order valence-corrected chi connectivity index (χ2v) is 6.72. The number of rotatable bonds is 7. The lowest BCUT2D eigenvalue weighted by atomic mass is 9.91. The Balaban J connectivity index is 1.68. The van der Waals surface area contributed by atoms with E-state index >= 15 is 0 Å². The molecule has 1 saturated heterocycles. The Labute approximate surface area is 151 Å². The predicted octanol–water partition coefficient (Wildman–Crippen LogP) is 4.31. The minimum absolute atomic E-state index is 0.000486. The lowest BCUT2D eigenvalue weighted by Gasteiger charge is -2.38. The summed E-state index contributed by atoms with van der Waals surface area (Å²) in [5, 5.41) is 0. The Morgan fingerprint density at radius 3 is 2.80 bits per heavy atom. The first-order valence-electron chi connectivity index (χ1n) is 9.15. The topological polar surface area (TPSA) is 38.5 Å². The van der Waals surface area contributed by atoms with Crippen LogP contribution in [-0.2, 0) is 6.61 Å². The van der Waals surface area contributed by atoms with Gasteiger partial charge in [0.05, 0.1) is 0 Å². The molecule has 0 spiro atoms. The van der Waals surface area contributed by atoms with Crippen LogP contribution in [0.4, 0.5) is 0 Å². The van der Waals surface area contributed by atoms with Crippen molar-refractivity contribution < 1.29 is 4.74 Å². The highest BCUT2D eigenvalue weighted by Crippen LogP contribution is 2.29. The molecule has 2 N–H and O–H groups in total. The zero-order valence-electron chi connectivity index (χ0n) is 14.8. The Hall–Kier alpha value is -2.10. The summed E-state index contributed by atoms with van der Waals surface area (Å²) in [6.45, 7) is 6.47. The van der Waals surface area contributed by atoms with Gasteiger partial charge in [-0.3, -0.25) is 4.90 Å². The summed E-state index contributed by atoms with van der Waals surface area (Å²) in [7, 11) is 0. The van der Waals surface area contributed by atoms with Crippen molar-refractivity contribution in [2.75, 3.05) is 13.1 Å². The molecule has 0 unspecified atom stereocenters. The van der Waals surface area contributed by atoms with E-state index in [1.165, 1.54) is 18.4 Å². The van der Waals surface area contributed by atoms with E-state index in [0.29, 0.717) is 12.6 Å². The highest BCUT2D eigenvalue weighted by atomic mass is 16.5. The largest absolute Gasteiger partial charge is 0.489 e. The summed E-state index contributed by atoms with van der Waals surface area (Å²) in [5.41, 5.74) is 8.95. The van der Waals surface area contributed by atoms with Gasteiger partial charge in [0.25, 0.3) is 0 Å². The van der Waals surface area contributed by atoms with E-state index in [0.717, 1.165) is 30.8 Å². The fourth-order valence-electron chi connectivity index (χ4n) is 3.59. The van der Waals surface area contributed by atoms with Crippen LogP contribution in [-0.4, -0.2) is 24.0 Å². The van der Waals surface area contributed by atoms with Crippen molar-refractivity contribution in [2.24, 2.45) is 5.73 Å². The average Bonchev–Trinajstić information content (AvgIpc) is 2.68. The van der Waals surface area contributed by atoms with E-state index < -0.39 is 0 Å². The zero-order valence-corrected chi connectivity index (χ0v) is 14.8. The molecule has 25 heavy (non-hydrogen) atoms. The van der Waals surface area contributed by atoms with E-state index in [1.807, 2.05) is 36.4 Å². The molecule has 0 amide bonds. The van der Waals surface area contributed by atoms with Crippen molar-refractivity contribution >= 4 is 0 Å². The quantitative estimate of drug-likeness (QED) is 0.766. The number of likely N-dealkylation sites (tertiary alicyclic amines) is 1. The second-order valence-electron chi connectivity index (χ2n) is 6.72. The number of benzene rings is 2. The molecule has 3 nitrogen and oxygen atoms in total. The van der Waals surface area contributed by atoms with Gasteiger partial charge in [-0.15, -0.1) is 6.58 Å². The number of ether oxygens (including phenoxy) is 1. The third-order valence-corrected chi connectivity index (χ3v) is 4.93. The maximum Gasteiger partial charge on any atom is 0.120 e. The lowest BCUT2D eigenvalue weighted by Crippen LogP contribution is -2.45. The first-order chi connectivity index (χ1) is 12.3. The number of nitrogens with zero attached hydrogens (tertiary/aromatic N) is 1. The summed E-state index contributed by atoms with van der Waals surface area (Å²) in [6.07, 6.45) is 5.61. The molecule has 0 bridgehead atoms. The van der Waals surface area contributed by atoms with Crippen LogP contribution in [0, 0.1) is 0 Å². The minimum atomic E-state index is 0.000486. The second kappa shape index (κ2) is 8.84. The Morgan fingerprint density at radius 1 is 1.16 bits per heavy atom. The van der Waals surface area contributed by atoms with E-state index in [1.54, 1.807) is 0 Å². The van der Waals surface area contributed by atoms with Gasteiger partial charge in [0.15, 0.2) is 0 Å². The molecule has 0 aromatic heterocycles. The monoisotopic (exact) mass is 336 g/mol. The van der Waals surface area contributed by atoms with E-state index in [2.05, 4.69) is 35.7 Å². The van der Waals surface area contributed by atoms with Crippen LogP contribution < -0.4 is 10.5 Å². The van der Waals surface area contributed by atoms with Crippen LogP contribution in [0.3, 0.4) is 0 Å². The molecule has 2 aromatic carbocycles. The van der Waals surface area contributed by atoms with Gasteiger partial charge in [-0.25, -0.2) is 0 Å². The highest BCUT2D eigenvalue weighted by Gasteiger charge is 2.28. The van der Waals surface area contributed by atoms with Crippen molar-refractivity contribution in [3.8, 4) is 5.75 Å². The average molecular weight is 336 g/mol. The van der Waals surface area contributed by atoms with Crippen LogP contribution >= 0.6 is 0 Å². The molecule has 0 saturated carbocycles. The van der Waals surface area contributed by atoms with Gasteiger partial charge >= 0.3 is 0 Å². The molecule has 2 aromatic rings. The molecule has 1 aliphatic heterocycles. The third-order valence-electron chi connectivity index (χ3n) is 4.93. The van der Waals surface area contributed by atoms with Gasteiger partial charge in [0.2, 0.25) is 0 Å². The molecule has 132 valence electrons. The van der Waals surface area contributed by atoms with Gasteiger partial charge < -0.3 is 10.5 Å². The Kier molecular flexibility index (Phi) is 6.26. The Bertz CT molecular complexity index is 671. The van der Waals surface area contributed by atoms with E-state index in [9.17, 15) is 0 Å². The molecule has 1 aliphatic rings. The first-order valence-corrected chi connectivity index (χ1v) is 9.15. The third kappa shape index (κ3) is 4.71. The molecular formula is C22H28N2O. The van der Waals surface area contributed by atoms with Crippen molar-refractivity contribution in [1.29, 1.82) is 0 Å². The van der Waals surface area contributed by atoms with Crippen LogP contribution in [0.15, 0.2) is 67.3 Å². The smallest absolute Gasteiger partial charge is 0.120 e. The van der Waals surface area contributed by atoms with Gasteiger partial charge in [-0.1, -0.05) is 55.0 Å². The van der Waals surface area contributed by atoms with Crippen LogP contribution in [0.5, 0.6) is 5.75 Å². The molecule has 0 radical (unpaired) electrons. The standard InChI is InChI=1S/C22H28N2O/c1-2-14-24-15-7-6-13-21(24)22(23)19-11-8-12-20(16-19)25-17-18-9-4-3-5-10-18/h2-5,8-12,16,21-22H,1,6-7,13-15,17,23H2/t21-,22-/m0/s1. The molecule has 3 heteroatoms. The summed E-state index contributed by atoms with van der Waals surface area (Å²) < 4.78 is 5.96. The SMILES string of the molecule is C=CCN1CCCC[C@H]1[C@@H](N)c1cccc(OCc2ccccc2)c1. The van der Waals surface area contributed by atoms with Gasteiger partial charge in [-0.05, 0) is 42.6 Å². The van der Waals surface area contributed by atoms with Crippen molar-refractivity contribution in [3.63, 3.8) is 0 Å². The number of nitrogens with two attached hydrogens (primary N) is 1.